The highest BCUT2D eigenvalue weighted by atomic mass is 32.2. The van der Waals surface area contributed by atoms with Gasteiger partial charge in [-0.25, -0.2) is 4.98 Å². The largest absolute Gasteiger partial charge is 0.325 e. The second-order valence-electron chi connectivity index (χ2n) is 6.82. The van der Waals surface area contributed by atoms with Crippen molar-refractivity contribution >= 4 is 39.9 Å². The maximum atomic E-state index is 12.9. The van der Waals surface area contributed by atoms with Crippen molar-refractivity contribution in [2.75, 3.05) is 11.1 Å². The minimum Gasteiger partial charge on any atom is -0.325 e. The number of carbonyl (C=O) groups is 1. The second kappa shape index (κ2) is 9.53. The molecule has 0 atom stereocenters. The van der Waals surface area contributed by atoms with Gasteiger partial charge in [-0.05, 0) is 37.1 Å². The van der Waals surface area contributed by atoms with Crippen LogP contribution in [0.5, 0.6) is 0 Å². The van der Waals surface area contributed by atoms with E-state index in [-0.39, 0.29) is 22.9 Å². The van der Waals surface area contributed by atoms with Crippen molar-refractivity contribution in [2.45, 2.75) is 38.4 Å². The van der Waals surface area contributed by atoms with Crippen molar-refractivity contribution in [3.8, 4) is 0 Å². The highest BCUT2D eigenvalue weighted by Crippen LogP contribution is 2.23. The molecule has 0 saturated carbocycles. The van der Waals surface area contributed by atoms with Crippen LogP contribution in [0.4, 0.5) is 11.4 Å². The molecule has 1 heterocycles. The first-order valence-electron chi connectivity index (χ1n) is 9.58. The molecule has 0 bridgehead atoms. The molecule has 30 heavy (non-hydrogen) atoms. The molecule has 1 aromatic heterocycles. The van der Waals surface area contributed by atoms with Gasteiger partial charge in [-0.3, -0.25) is 24.3 Å². The van der Waals surface area contributed by atoms with E-state index >= 15 is 0 Å². The monoisotopic (exact) mass is 426 g/mol. The summed E-state index contributed by atoms with van der Waals surface area (Å²) in [5, 5.41) is 14.7. The molecule has 0 saturated heterocycles. The van der Waals surface area contributed by atoms with Crippen LogP contribution in [0.15, 0.2) is 52.4 Å². The zero-order valence-electron chi connectivity index (χ0n) is 16.8. The van der Waals surface area contributed by atoms with E-state index in [9.17, 15) is 19.7 Å². The number of carbonyl (C=O) groups excluding carboxylic acids is 1. The first kappa shape index (κ1) is 21.5. The average Bonchev–Trinajstić information content (AvgIpc) is 2.73. The summed E-state index contributed by atoms with van der Waals surface area (Å²) in [6.07, 6.45) is 1.77. The quantitative estimate of drug-likeness (QED) is 0.251. The van der Waals surface area contributed by atoms with Gasteiger partial charge in [0.1, 0.15) is 0 Å². The smallest absolute Gasteiger partial charge is 0.269 e. The maximum absolute atomic E-state index is 12.9. The number of thioether (sulfide) groups is 1. The van der Waals surface area contributed by atoms with E-state index in [1.165, 1.54) is 30.0 Å². The van der Waals surface area contributed by atoms with E-state index in [0.29, 0.717) is 33.9 Å². The Balaban J connectivity index is 1.78. The SMILES string of the molecule is CCCCn1c(SCC(=O)Nc2ccc([N+](=O)[O-])cc2C)nc2ccccc2c1=O. The van der Waals surface area contributed by atoms with Crippen LogP contribution in [0.3, 0.4) is 0 Å². The van der Waals surface area contributed by atoms with Crippen LogP contribution in [0, 0.1) is 17.0 Å². The van der Waals surface area contributed by atoms with Crippen molar-refractivity contribution in [3.05, 3.63) is 68.5 Å². The van der Waals surface area contributed by atoms with Gasteiger partial charge < -0.3 is 5.32 Å². The van der Waals surface area contributed by atoms with Gasteiger partial charge >= 0.3 is 0 Å². The first-order chi connectivity index (χ1) is 14.4. The molecule has 3 aromatic rings. The fourth-order valence-electron chi connectivity index (χ4n) is 2.99. The Bertz CT molecular complexity index is 1160. The number of para-hydroxylation sites is 1. The first-order valence-corrected chi connectivity index (χ1v) is 10.6. The summed E-state index contributed by atoms with van der Waals surface area (Å²) >= 11 is 1.20. The fraction of sp³-hybridized carbons (Fsp3) is 0.286. The molecule has 0 spiro atoms. The summed E-state index contributed by atoms with van der Waals surface area (Å²) < 4.78 is 1.63. The third-order valence-corrected chi connectivity index (χ3v) is 5.57. The number of non-ortho nitro benzene ring substituents is 1. The Morgan fingerprint density at radius 1 is 1.27 bits per heavy atom. The number of aromatic nitrogens is 2. The summed E-state index contributed by atoms with van der Waals surface area (Å²) in [5.41, 5.74) is 1.58. The van der Waals surface area contributed by atoms with Crippen LogP contribution in [0.1, 0.15) is 25.3 Å². The molecule has 0 fully saturated rings. The third kappa shape index (κ3) is 4.85. The van der Waals surface area contributed by atoms with Gasteiger partial charge in [0.25, 0.3) is 11.2 Å². The molecule has 0 aliphatic carbocycles. The number of hydrogen-bond donors (Lipinski definition) is 1. The van der Waals surface area contributed by atoms with Gasteiger partial charge in [0.05, 0.1) is 21.6 Å². The van der Waals surface area contributed by atoms with Crippen molar-refractivity contribution in [1.82, 2.24) is 9.55 Å². The molecule has 0 radical (unpaired) electrons. The molecule has 8 nitrogen and oxygen atoms in total. The van der Waals surface area contributed by atoms with Crippen LogP contribution >= 0.6 is 11.8 Å². The van der Waals surface area contributed by atoms with E-state index in [4.69, 9.17) is 0 Å². The maximum Gasteiger partial charge on any atom is 0.269 e. The Morgan fingerprint density at radius 3 is 2.73 bits per heavy atom. The molecule has 1 amide bonds. The van der Waals surface area contributed by atoms with E-state index in [1.54, 1.807) is 23.6 Å². The molecular formula is C21H22N4O4S. The topological polar surface area (TPSA) is 107 Å². The molecule has 1 N–H and O–H groups in total. The van der Waals surface area contributed by atoms with Gasteiger partial charge in [-0.2, -0.15) is 0 Å². The number of fused-ring (bicyclic) bond motifs is 1. The van der Waals surface area contributed by atoms with Crippen LogP contribution in [0.2, 0.25) is 0 Å². The number of benzene rings is 2. The summed E-state index contributed by atoms with van der Waals surface area (Å²) in [6, 6.07) is 11.4. The van der Waals surface area contributed by atoms with Crippen molar-refractivity contribution < 1.29 is 9.72 Å². The highest BCUT2D eigenvalue weighted by Gasteiger charge is 2.14. The number of nitrogens with zero attached hydrogens (tertiary/aromatic N) is 3. The molecule has 2 aromatic carbocycles. The van der Waals surface area contributed by atoms with Gasteiger partial charge in [-0.1, -0.05) is 37.2 Å². The van der Waals surface area contributed by atoms with Crippen LogP contribution in [-0.4, -0.2) is 26.1 Å². The second-order valence-corrected chi connectivity index (χ2v) is 7.76. The normalized spacial score (nSPS) is 10.9. The van der Waals surface area contributed by atoms with Crippen LogP contribution < -0.4 is 10.9 Å². The number of amides is 1. The van der Waals surface area contributed by atoms with Crippen molar-refractivity contribution in [2.24, 2.45) is 0 Å². The Labute approximate surface area is 177 Å². The number of anilines is 1. The van der Waals surface area contributed by atoms with Crippen LogP contribution in [0.25, 0.3) is 10.9 Å². The average molecular weight is 426 g/mol. The van der Waals surface area contributed by atoms with Crippen molar-refractivity contribution in [1.29, 1.82) is 0 Å². The molecule has 0 aliphatic heterocycles. The number of aryl methyl sites for hydroxylation is 1. The predicted molar refractivity (Wildman–Crippen MR) is 118 cm³/mol. The Morgan fingerprint density at radius 2 is 2.03 bits per heavy atom. The fourth-order valence-corrected chi connectivity index (χ4v) is 3.81. The van der Waals surface area contributed by atoms with E-state index in [2.05, 4.69) is 10.3 Å². The van der Waals surface area contributed by atoms with Gasteiger partial charge in [-0.15, -0.1) is 0 Å². The molecule has 3 rings (SSSR count). The van der Waals surface area contributed by atoms with Crippen LogP contribution in [-0.2, 0) is 11.3 Å². The summed E-state index contributed by atoms with van der Waals surface area (Å²) in [6.45, 7) is 4.29. The number of nitro groups is 1. The lowest BCUT2D eigenvalue weighted by atomic mass is 10.2. The van der Waals surface area contributed by atoms with Gasteiger partial charge in [0.15, 0.2) is 5.16 Å². The van der Waals surface area contributed by atoms with Gasteiger partial charge in [0, 0.05) is 24.4 Å². The Kier molecular flexibility index (Phi) is 6.83. The molecule has 0 aliphatic rings. The van der Waals surface area contributed by atoms with E-state index in [0.717, 1.165) is 12.8 Å². The van der Waals surface area contributed by atoms with Gasteiger partial charge in [0.2, 0.25) is 5.91 Å². The number of unbranched alkanes of at least 4 members (excludes halogenated alkanes) is 1. The molecule has 0 unspecified atom stereocenters. The summed E-state index contributed by atoms with van der Waals surface area (Å²) in [4.78, 5) is 40.3. The number of hydrogen-bond acceptors (Lipinski definition) is 6. The zero-order chi connectivity index (χ0) is 21.7. The zero-order valence-corrected chi connectivity index (χ0v) is 17.6. The van der Waals surface area contributed by atoms with E-state index in [1.807, 2.05) is 19.1 Å². The lowest BCUT2D eigenvalue weighted by Crippen LogP contribution is -2.24. The lowest BCUT2D eigenvalue weighted by Gasteiger charge is -2.13. The number of nitrogens with one attached hydrogen (secondary N) is 1. The number of rotatable bonds is 8. The summed E-state index contributed by atoms with van der Waals surface area (Å²) in [5.74, 6) is -0.214. The van der Waals surface area contributed by atoms with Crippen molar-refractivity contribution in [3.63, 3.8) is 0 Å². The van der Waals surface area contributed by atoms with E-state index < -0.39 is 4.92 Å². The summed E-state index contributed by atoms with van der Waals surface area (Å²) in [7, 11) is 0. The molecule has 9 heteroatoms. The number of nitro benzene ring substituents is 1. The minimum absolute atomic E-state index is 0.0276. The lowest BCUT2D eigenvalue weighted by molar-refractivity contribution is -0.384. The third-order valence-electron chi connectivity index (χ3n) is 4.59. The predicted octanol–water partition coefficient (Wildman–Crippen LogP) is 4.14. The minimum atomic E-state index is -0.477. The molecular weight excluding hydrogens is 404 g/mol. The molecule has 156 valence electrons. The standard InChI is InChI=1S/C21H22N4O4S/c1-3-4-11-24-20(27)16-7-5-6-8-18(16)23-21(24)30-13-19(26)22-17-10-9-15(25(28)29)12-14(17)2/h5-10,12H,3-4,11,13H2,1-2H3,(H,22,26). The highest BCUT2D eigenvalue weighted by molar-refractivity contribution is 7.99. The Hall–Kier alpha value is -3.20.